The van der Waals surface area contributed by atoms with Gasteiger partial charge < -0.3 is 10.5 Å². The van der Waals surface area contributed by atoms with Crippen molar-refractivity contribution < 1.29 is 4.74 Å². The number of nitrogen functional groups attached to an aromatic ring is 1. The summed E-state index contributed by atoms with van der Waals surface area (Å²) in [6.45, 7) is 0. The normalized spacial score (nSPS) is 10.6. The first kappa shape index (κ1) is 11.8. The zero-order chi connectivity index (χ0) is 13.2. The molecule has 0 radical (unpaired) electrons. The van der Waals surface area contributed by atoms with Crippen molar-refractivity contribution in [2.24, 2.45) is 0 Å². The number of rotatable bonds is 2. The van der Waals surface area contributed by atoms with Gasteiger partial charge >= 0.3 is 0 Å². The Morgan fingerprint density at radius 3 is 2.53 bits per heavy atom. The molecule has 0 saturated heterocycles. The van der Waals surface area contributed by atoms with Crippen LogP contribution < -0.4 is 10.5 Å². The van der Waals surface area contributed by atoms with Crippen LogP contribution in [0.25, 0.3) is 10.9 Å². The largest absolute Gasteiger partial charge is 0.457 e. The molecule has 0 aliphatic heterocycles. The lowest BCUT2D eigenvalue weighted by Crippen LogP contribution is -1.93. The van der Waals surface area contributed by atoms with E-state index in [4.69, 9.17) is 22.1 Å². The van der Waals surface area contributed by atoms with Crippen LogP contribution in [0, 0.1) is 0 Å². The number of halogens is 1. The Bertz CT molecular complexity index is 726. The summed E-state index contributed by atoms with van der Waals surface area (Å²) in [6, 6.07) is 16.6. The van der Waals surface area contributed by atoms with Crippen LogP contribution in [0.5, 0.6) is 11.5 Å². The fourth-order valence-electron chi connectivity index (χ4n) is 1.88. The molecule has 0 spiro atoms. The zero-order valence-electron chi connectivity index (χ0n) is 10.0. The minimum absolute atomic E-state index is 0.433. The van der Waals surface area contributed by atoms with Gasteiger partial charge in [-0.25, -0.2) is 4.98 Å². The van der Waals surface area contributed by atoms with E-state index in [0.29, 0.717) is 22.3 Å². The number of nitrogens with two attached hydrogens (primary N) is 1. The second-order valence-electron chi connectivity index (χ2n) is 4.12. The molecule has 94 valence electrons. The Morgan fingerprint density at radius 1 is 1.00 bits per heavy atom. The molecule has 3 aromatic rings. The van der Waals surface area contributed by atoms with Gasteiger partial charge in [0, 0.05) is 16.5 Å². The van der Waals surface area contributed by atoms with Gasteiger partial charge in [-0.3, -0.25) is 0 Å². The summed E-state index contributed by atoms with van der Waals surface area (Å²) < 4.78 is 5.85. The third-order valence-electron chi connectivity index (χ3n) is 2.74. The molecule has 19 heavy (non-hydrogen) atoms. The summed E-state index contributed by atoms with van der Waals surface area (Å²) in [6.07, 6.45) is 0. The van der Waals surface area contributed by atoms with Gasteiger partial charge in [0.25, 0.3) is 0 Å². The second-order valence-corrected chi connectivity index (χ2v) is 4.55. The number of pyridine rings is 1. The van der Waals surface area contributed by atoms with Crippen LogP contribution in [0.15, 0.2) is 54.6 Å². The average molecular weight is 271 g/mol. The Kier molecular flexibility index (Phi) is 2.97. The average Bonchev–Trinajstić information content (AvgIpc) is 2.41. The third-order valence-corrected chi connectivity index (χ3v) is 2.99. The molecule has 1 aromatic heterocycles. The Labute approximate surface area is 115 Å². The summed E-state index contributed by atoms with van der Waals surface area (Å²) in [5.74, 6) is 1.83. The first-order valence-corrected chi connectivity index (χ1v) is 6.19. The van der Waals surface area contributed by atoms with Gasteiger partial charge in [-0.05, 0) is 36.4 Å². The van der Waals surface area contributed by atoms with Crippen molar-refractivity contribution >= 4 is 28.3 Å². The van der Waals surface area contributed by atoms with Crippen molar-refractivity contribution in [1.82, 2.24) is 4.98 Å². The van der Waals surface area contributed by atoms with Crippen LogP contribution in [-0.4, -0.2) is 4.98 Å². The molecule has 2 N–H and O–H groups in total. The molecule has 0 fully saturated rings. The van der Waals surface area contributed by atoms with Crippen LogP contribution in [0.1, 0.15) is 0 Å². The van der Waals surface area contributed by atoms with Gasteiger partial charge in [0.15, 0.2) is 0 Å². The number of aromatic nitrogens is 1. The van der Waals surface area contributed by atoms with E-state index in [9.17, 15) is 0 Å². The number of ether oxygens (including phenoxy) is 1. The molecular weight excluding hydrogens is 260 g/mol. The van der Waals surface area contributed by atoms with Crippen LogP contribution >= 0.6 is 11.6 Å². The molecule has 0 amide bonds. The fraction of sp³-hybridized carbons (Fsp3) is 0. The molecule has 0 aliphatic rings. The van der Waals surface area contributed by atoms with Crippen LogP contribution in [0.3, 0.4) is 0 Å². The van der Waals surface area contributed by atoms with Crippen molar-refractivity contribution in [1.29, 1.82) is 0 Å². The SMILES string of the molecule is Nc1cc(Oc2ccc(Cl)cc2)c2ccccc2n1. The first-order chi connectivity index (χ1) is 9.22. The van der Waals surface area contributed by atoms with E-state index in [2.05, 4.69) is 4.98 Å². The van der Waals surface area contributed by atoms with Gasteiger partial charge in [-0.15, -0.1) is 0 Å². The Balaban J connectivity index is 2.07. The van der Waals surface area contributed by atoms with Crippen molar-refractivity contribution in [3.63, 3.8) is 0 Å². The molecule has 0 bridgehead atoms. The summed E-state index contributed by atoms with van der Waals surface area (Å²) in [4.78, 5) is 4.27. The molecule has 0 atom stereocenters. The van der Waals surface area contributed by atoms with E-state index >= 15 is 0 Å². The van der Waals surface area contributed by atoms with Gasteiger partial charge in [0.1, 0.15) is 17.3 Å². The maximum atomic E-state index is 5.85. The van der Waals surface area contributed by atoms with Crippen molar-refractivity contribution in [2.45, 2.75) is 0 Å². The lowest BCUT2D eigenvalue weighted by Gasteiger charge is -2.09. The van der Waals surface area contributed by atoms with E-state index < -0.39 is 0 Å². The number of nitrogens with zero attached hydrogens (tertiary/aromatic N) is 1. The van der Waals surface area contributed by atoms with Gasteiger partial charge in [-0.2, -0.15) is 0 Å². The van der Waals surface area contributed by atoms with Crippen molar-refractivity contribution in [3.05, 3.63) is 59.6 Å². The Hall–Kier alpha value is -2.26. The standard InChI is InChI=1S/C15H11ClN2O/c16-10-5-7-11(8-6-10)19-14-9-15(17)18-13-4-2-1-3-12(13)14/h1-9H,(H2,17,18). The first-order valence-electron chi connectivity index (χ1n) is 5.81. The molecule has 0 unspecified atom stereocenters. The minimum atomic E-state index is 0.433. The predicted molar refractivity (Wildman–Crippen MR) is 77.7 cm³/mol. The molecule has 0 aliphatic carbocycles. The maximum absolute atomic E-state index is 5.85. The van der Waals surface area contributed by atoms with E-state index in [1.165, 1.54) is 0 Å². The lowest BCUT2D eigenvalue weighted by molar-refractivity contribution is 0.488. The number of hydrogen-bond acceptors (Lipinski definition) is 3. The molecule has 1 heterocycles. The van der Waals surface area contributed by atoms with E-state index in [0.717, 1.165) is 10.9 Å². The topological polar surface area (TPSA) is 48.1 Å². The second kappa shape index (κ2) is 4.78. The summed E-state index contributed by atoms with van der Waals surface area (Å²) >= 11 is 5.85. The number of fused-ring (bicyclic) bond motifs is 1. The monoisotopic (exact) mass is 270 g/mol. The van der Waals surface area contributed by atoms with E-state index in [1.54, 1.807) is 18.2 Å². The maximum Gasteiger partial charge on any atom is 0.140 e. The van der Waals surface area contributed by atoms with E-state index in [1.807, 2.05) is 36.4 Å². The highest BCUT2D eigenvalue weighted by Gasteiger charge is 2.06. The van der Waals surface area contributed by atoms with Crippen molar-refractivity contribution in [2.75, 3.05) is 5.73 Å². The number of para-hydroxylation sites is 1. The van der Waals surface area contributed by atoms with E-state index in [-0.39, 0.29) is 0 Å². The summed E-state index contributed by atoms with van der Waals surface area (Å²) in [5, 5.41) is 1.60. The van der Waals surface area contributed by atoms with Crippen LogP contribution in [-0.2, 0) is 0 Å². The number of anilines is 1. The van der Waals surface area contributed by atoms with Crippen LogP contribution in [0.4, 0.5) is 5.82 Å². The predicted octanol–water partition coefficient (Wildman–Crippen LogP) is 4.26. The number of hydrogen-bond donors (Lipinski definition) is 1. The minimum Gasteiger partial charge on any atom is -0.457 e. The highest BCUT2D eigenvalue weighted by molar-refractivity contribution is 6.30. The summed E-state index contributed by atoms with van der Waals surface area (Å²) in [7, 11) is 0. The highest BCUT2D eigenvalue weighted by atomic mass is 35.5. The quantitative estimate of drug-likeness (QED) is 0.757. The highest BCUT2D eigenvalue weighted by Crippen LogP contribution is 2.31. The molecular formula is C15H11ClN2O. The van der Waals surface area contributed by atoms with Gasteiger partial charge in [-0.1, -0.05) is 23.7 Å². The lowest BCUT2D eigenvalue weighted by atomic mass is 10.2. The summed E-state index contributed by atoms with van der Waals surface area (Å²) in [5.41, 5.74) is 6.60. The molecule has 3 nitrogen and oxygen atoms in total. The third kappa shape index (κ3) is 2.46. The Morgan fingerprint density at radius 2 is 1.74 bits per heavy atom. The molecule has 2 aromatic carbocycles. The molecule has 3 rings (SSSR count). The van der Waals surface area contributed by atoms with Crippen LogP contribution in [0.2, 0.25) is 5.02 Å². The number of benzene rings is 2. The zero-order valence-corrected chi connectivity index (χ0v) is 10.8. The van der Waals surface area contributed by atoms with Crippen molar-refractivity contribution in [3.8, 4) is 11.5 Å². The fourth-order valence-corrected chi connectivity index (χ4v) is 2.00. The molecule has 0 saturated carbocycles. The van der Waals surface area contributed by atoms with Gasteiger partial charge in [0.05, 0.1) is 5.52 Å². The smallest absolute Gasteiger partial charge is 0.140 e. The van der Waals surface area contributed by atoms with Gasteiger partial charge in [0.2, 0.25) is 0 Å². The molecule has 4 heteroatoms.